The van der Waals surface area contributed by atoms with Crippen LogP contribution >= 0.6 is 0 Å². The predicted octanol–water partition coefficient (Wildman–Crippen LogP) is -0.153. The van der Waals surface area contributed by atoms with Gasteiger partial charge in [0.25, 0.3) is 0 Å². The first kappa shape index (κ1) is 31.7. The predicted molar refractivity (Wildman–Crippen MR) is 116 cm³/mol. The van der Waals surface area contributed by atoms with E-state index in [0.717, 1.165) is 12.8 Å². The van der Waals surface area contributed by atoms with Gasteiger partial charge in [0.05, 0.1) is 78.3 Å². The Labute approximate surface area is 199 Å². The molecule has 0 aliphatic rings. The fourth-order valence-corrected chi connectivity index (χ4v) is 2.20. The van der Waals surface area contributed by atoms with E-state index in [1.807, 2.05) is 6.92 Å². The van der Waals surface area contributed by atoms with Crippen LogP contribution in [-0.2, 0) is 47.6 Å². The summed E-state index contributed by atoms with van der Waals surface area (Å²) in [5.74, 6) is -2.88. The summed E-state index contributed by atoms with van der Waals surface area (Å²) < 4.78 is 31.0. The van der Waals surface area contributed by atoms with Gasteiger partial charge in [-0.05, 0) is 6.42 Å². The zero-order chi connectivity index (χ0) is 25.4. The van der Waals surface area contributed by atoms with E-state index in [9.17, 15) is 19.2 Å². The second-order valence-electron chi connectivity index (χ2n) is 6.99. The lowest BCUT2D eigenvalue weighted by molar-refractivity contribution is -0.149. The molecule has 0 unspecified atom stereocenters. The van der Waals surface area contributed by atoms with Crippen LogP contribution in [0, 0.1) is 0 Å². The molecule has 13 nitrogen and oxygen atoms in total. The summed E-state index contributed by atoms with van der Waals surface area (Å²) in [6.45, 7) is 2.78. The van der Waals surface area contributed by atoms with Crippen LogP contribution in [0.15, 0.2) is 0 Å². The number of amides is 1. The second-order valence-corrected chi connectivity index (χ2v) is 6.99. The lowest BCUT2D eigenvalue weighted by Gasteiger charge is -2.19. The van der Waals surface area contributed by atoms with Crippen molar-refractivity contribution in [2.75, 3.05) is 72.7 Å². The maximum absolute atomic E-state index is 12.0. The van der Waals surface area contributed by atoms with Crippen LogP contribution in [0.25, 0.3) is 0 Å². The molecule has 198 valence electrons. The zero-order valence-corrected chi connectivity index (χ0v) is 19.7. The highest BCUT2D eigenvalue weighted by Gasteiger charge is 2.14. The third kappa shape index (κ3) is 22.9. The average Bonchev–Trinajstić information content (AvgIpc) is 2.78. The van der Waals surface area contributed by atoms with Gasteiger partial charge in [-0.2, -0.15) is 0 Å². The van der Waals surface area contributed by atoms with Crippen LogP contribution < -0.4 is 5.32 Å². The SMILES string of the molecule is CCCCOC(=O)COCCOCCOCC(=O)NC(COCCC(=O)O)COCCC(=O)O. The van der Waals surface area contributed by atoms with Crippen molar-refractivity contribution < 1.29 is 57.8 Å². The van der Waals surface area contributed by atoms with Gasteiger partial charge in [0.1, 0.15) is 13.2 Å². The smallest absolute Gasteiger partial charge is 0.332 e. The Morgan fingerprint density at radius 2 is 1.24 bits per heavy atom. The minimum Gasteiger partial charge on any atom is -0.481 e. The van der Waals surface area contributed by atoms with Crippen molar-refractivity contribution >= 4 is 23.8 Å². The van der Waals surface area contributed by atoms with Crippen LogP contribution in [-0.4, -0.2) is 113 Å². The number of carboxylic acids is 2. The highest BCUT2D eigenvalue weighted by atomic mass is 16.6. The molecule has 3 N–H and O–H groups in total. The fraction of sp³-hybridized carbons (Fsp3) is 0.810. The van der Waals surface area contributed by atoms with Gasteiger partial charge in [0.2, 0.25) is 5.91 Å². The molecule has 0 saturated heterocycles. The number of nitrogens with one attached hydrogen (secondary N) is 1. The number of aliphatic carboxylic acids is 2. The van der Waals surface area contributed by atoms with Crippen LogP contribution in [0.4, 0.5) is 0 Å². The van der Waals surface area contributed by atoms with E-state index < -0.39 is 29.9 Å². The number of hydrogen-bond donors (Lipinski definition) is 3. The van der Waals surface area contributed by atoms with Gasteiger partial charge in [-0.15, -0.1) is 0 Å². The molecule has 0 aliphatic heterocycles. The van der Waals surface area contributed by atoms with E-state index in [-0.39, 0.29) is 78.9 Å². The molecule has 0 aromatic heterocycles. The van der Waals surface area contributed by atoms with Crippen molar-refractivity contribution in [2.24, 2.45) is 0 Å². The first-order chi connectivity index (χ1) is 16.3. The Kier molecular flexibility index (Phi) is 20.9. The summed E-state index contributed by atoms with van der Waals surface area (Å²) in [5, 5.41) is 19.9. The molecule has 1 amide bonds. The Bertz CT molecular complexity index is 550. The van der Waals surface area contributed by atoms with E-state index in [2.05, 4.69) is 5.32 Å². The first-order valence-corrected chi connectivity index (χ1v) is 11.1. The molecule has 0 heterocycles. The van der Waals surface area contributed by atoms with Crippen molar-refractivity contribution in [2.45, 2.75) is 38.6 Å². The van der Waals surface area contributed by atoms with E-state index in [4.69, 9.17) is 38.6 Å². The molecule has 13 heteroatoms. The average molecular weight is 496 g/mol. The Balaban J connectivity index is 3.88. The molecule has 34 heavy (non-hydrogen) atoms. The molecule has 0 spiro atoms. The Morgan fingerprint density at radius 1 is 0.706 bits per heavy atom. The summed E-state index contributed by atoms with van der Waals surface area (Å²) in [6.07, 6.45) is 1.39. The standard InChI is InChI=1S/C21H37NO12/c1-2-3-6-34-21(28)16-33-12-10-29-9-11-32-15-18(23)22-17(13-30-7-4-19(24)25)14-31-8-5-20(26)27/h17H,2-16H2,1H3,(H,22,23)(H,24,25)(H,26,27). The van der Waals surface area contributed by atoms with E-state index >= 15 is 0 Å². The molecule has 0 aromatic carbocycles. The molecule has 0 bridgehead atoms. The van der Waals surface area contributed by atoms with Gasteiger partial charge in [-0.1, -0.05) is 13.3 Å². The zero-order valence-electron chi connectivity index (χ0n) is 19.7. The van der Waals surface area contributed by atoms with E-state index in [1.165, 1.54) is 0 Å². The summed E-state index contributed by atoms with van der Waals surface area (Å²) >= 11 is 0. The number of carbonyl (C=O) groups is 4. The quantitative estimate of drug-likeness (QED) is 0.119. The molecular formula is C21H37NO12. The monoisotopic (exact) mass is 495 g/mol. The molecule has 0 aliphatic carbocycles. The first-order valence-electron chi connectivity index (χ1n) is 11.1. The molecule has 0 rings (SSSR count). The minimum absolute atomic E-state index is 0.00134. The van der Waals surface area contributed by atoms with Crippen LogP contribution in [0.5, 0.6) is 0 Å². The lowest BCUT2D eigenvalue weighted by atomic mass is 10.3. The fourth-order valence-electron chi connectivity index (χ4n) is 2.20. The third-order valence-corrected chi connectivity index (χ3v) is 3.88. The van der Waals surface area contributed by atoms with Crippen LogP contribution in [0.2, 0.25) is 0 Å². The number of unbranched alkanes of at least 4 members (excludes halogenated alkanes) is 1. The van der Waals surface area contributed by atoms with Gasteiger partial charge in [0.15, 0.2) is 0 Å². The Hall–Kier alpha value is -2.32. The third-order valence-electron chi connectivity index (χ3n) is 3.88. The van der Waals surface area contributed by atoms with E-state index in [1.54, 1.807) is 0 Å². The van der Waals surface area contributed by atoms with Crippen LogP contribution in [0.3, 0.4) is 0 Å². The molecule has 0 fully saturated rings. The topological polar surface area (TPSA) is 176 Å². The van der Waals surface area contributed by atoms with Gasteiger partial charge in [-0.3, -0.25) is 14.4 Å². The lowest BCUT2D eigenvalue weighted by Crippen LogP contribution is -2.43. The number of hydrogen-bond acceptors (Lipinski definition) is 10. The summed E-state index contributed by atoms with van der Waals surface area (Å²) in [7, 11) is 0. The van der Waals surface area contributed by atoms with Crippen molar-refractivity contribution in [1.82, 2.24) is 5.32 Å². The largest absolute Gasteiger partial charge is 0.481 e. The highest BCUT2D eigenvalue weighted by Crippen LogP contribution is 1.94. The molecule has 0 atom stereocenters. The van der Waals surface area contributed by atoms with Gasteiger partial charge < -0.3 is 44.0 Å². The summed E-state index contributed by atoms with van der Waals surface area (Å²) in [4.78, 5) is 44.4. The number of ether oxygens (including phenoxy) is 6. The van der Waals surface area contributed by atoms with Crippen molar-refractivity contribution in [3.05, 3.63) is 0 Å². The molecule has 0 saturated carbocycles. The maximum atomic E-state index is 12.0. The summed E-state index contributed by atoms with van der Waals surface area (Å²) in [6, 6.07) is -0.597. The minimum atomic E-state index is -1.01. The van der Waals surface area contributed by atoms with Gasteiger partial charge in [-0.25, -0.2) is 4.79 Å². The molecule has 0 radical (unpaired) electrons. The second kappa shape index (κ2) is 22.5. The van der Waals surface area contributed by atoms with Gasteiger partial charge in [0, 0.05) is 0 Å². The highest BCUT2D eigenvalue weighted by molar-refractivity contribution is 5.77. The van der Waals surface area contributed by atoms with E-state index in [0.29, 0.717) is 6.61 Å². The maximum Gasteiger partial charge on any atom is 0.332 e. The van der Waals surface area contributed by atoms with Crippen molar-refractivity contribution in [1.29, 1.82) is 0 Å². The number of rotatable bonds is 24. The number of carboxylic acid groups (broad SMARTS) is 2. The van der Waals surface area contributed by atoms with Crippen molar-refractivity contribution in [3.63, 3.8) is 0 Å². The van der Waals surface area contributed by atoms with Gasteiger partial charge >= 0.3 is 17.9 Å². The van der Waals surface area contributed by atoms with Crippen LogP contribution in [0.1, 0.15) is 32.6 Å². The molecule has 0 aromatic rings. The van der Waals surface area contributed by atoms with Crippen molar-refractivity contribution in [3.8, 4) is 0 Å². The summed E-state index contributed by atoms with van der Waals surface area (Å²) in [5.41, 5.74) is 0. The Morgan fingerprint density at radius 3 is 1.76 bits per heavy atom. The number of esters is 1. The normalized spacial score (nSPS) is 10.9. The molecular weight excluding hydrogens is 458 g/mol. The number of carbonyl (C=O) groups excluding carboxylic acids is 2.